The lowest BCUT2D eigenvalue weighted by Gasteiger charge is -2.40. The topological polar surface area (TPSA) is 110 Å². The Labute approximate surface area is 161 Å². The van der Waals surface area contributed by atoms with Crippen molar-refractivity contribution in [3.05, 3.63) is 22.8 Å². The second-order valence-corrected chi connectivity index (χ2v) is 7.59. The number of aryl methyl sites for hydroxylation is 1. The number of benzene rings is 1. The van der Waals surface area contributed by atoms with Crippen LogP contribution in [-0.4, -0.2) is 49.9 Å². The molecule has 27 heavy (non-hydrogen) atoms. The molecule has 5 N–H and O–H groups in total. The monoisotopic (exact) mass is 382 g/mol. The van der Waals surface area contributed by atoms with Crippen molar-refractivity contribution in [1.29, 1.82) is 0 Å². The molecule has 1 heterocycles. The van der Waals surface area contributed by atoms with Crippen LogP contribution < -0.4 is 0 Å². The van der Waals surface area contributed by atoms with Gasteiger partial charge in [0.05, 0.1) is 6.10 Å². The van der Waals surface area contributed by atoms with Crippen LogP contribution in [0.3, 0.4) is 0 Å². The third-order valence-electron chi connectivity index (χ3n) is 5.47. The van der Waals surface area contributed by atoms with Gasteiger partial charge in [-0.2, -0.15) is 0 Å². The Bertz CT molecular complexity index is 617. The molecular formula is C21H34O6. The van der Waals surface area contributed by atoms with Gasteiger partial charge in [0.15, 0.2) is 0 Å². The van der Waals surface area contributed by atoms with Gasteiger partial charge in [-0.3, -0.25) is 0 Å². The van der Waals surface area contributed by atoms with Gasteiger partial charge in [0, 0.05) is 11.1 Å². The predicted molar refractivity (Wildman–Crippen MR) is 103 cm³/mol. The van der Waals surface area contributed by atoms with Crippen molar-refractivity contribution in [1.82, 2.24) is 0 Å². The number of aliphatic hydroxyl groups excluding tert-OH is 3. The van der Waals surface area contributed by atoms with Gasteiger partial charge in [-0.15, -0.1) is 0 Å². The molecule has 0 radical (unpaired) electrons. The summed E-state index contributed by atoms with van der Waals surface area (Å²) in [5.41, 5.74) is 1.56. The molecule has 1 aromatic carbocycles. The van der Waals surface area contributed by atoms with Crippen LogP contribution in [0.25, 0.3) is 0 Å². The van der Waals surface area contributed by atoms with Crippen molar-refractivity contribution in [2.75, 3.05) is 0 Å². The highest BCUT2D eigenvalue weighted by Crippen LogP contribution is 2.44. The molecule has 1 aliphatic rings. The smallest absolute Gasteiger partial charge is 0.128 e. The third kappa shape index (κ3) is 4.74. The van der Waals surface area contributed by atoms with Gasteiger partial charge in [-0.1, -0.05) is 33.1 Å². The first-order valence-electron chi connectivity index (χ1n) is 10.1. The molecule has 1 saturated heterocycles. The van der Waals surface area contributed by atoms with E-state index in [2.05, 4.69) is 6.92 Å². The summed E-state index contributed by atoms with van der Waals surface area (Å²) in [6.45, 7) is 5.75. The molecule has 0 spiro atoms. The quantitative estimate of drug-likeness (QED) is 0.442. The average molecular weight is 382 g/mol. The molecule has 2 rings (SSSR count). The standard InChI is InChI=1S/C21H34O6/c1-4-6-8-9-13-11-15(22)14(10-7-5-2)18(24)16(13)21-20(26)19(25)17(23)12(3)27-21/h11-12,17,19-26H,4-10H2,1-3H3. The van der Waals surface area contributed by atoms with Crippen LogP contribution in [-0.2, 0) is 17.6 Å². The maximum Gasteiger partial charge on any atom is 0.128 e. The number of aliphatic hydroxyl groups is 3. The minimum atomic E-state index is -1.37. The maximum absolute atomic E-state index is 10.9. The van der Waals surface area contributed by atoms with Gasteiger partial charge in [0.2, 0.25) is 0 Å². The first-order valence-corrected chi connectivity index (χ1v) is 10.1. The molecule has 1 fully saturated rings. The minimum Gasteiger partial charge on any atom is -0.508 e. The number of hydrogen-bond donors (Lipinski definition) is 5. The fraction of sp³-hybridized carbons (Fsp3) is 0.714. The van der Waals surface area contributed by atoms with Crippen molar-refractivity contribution < 1.29 is 30.3 Å². The molecule has 1 aromatic rings. The number of phenols is 2. The van der Waals surface area contributed by atoms with Crippen molar-refractivity contribution in [2.24, 2.45) is 0 Å². The van der Waals surface area contributed by atoms with Crippen LogP contribution in [0.2, 0.25) is 0 Å². The number of phenolic OH excluding ortho intramolecular Hbond substituents is 2. The molecule has 5 unspecified atom stereocenters. The Morgan fingerprint density at radius 3 is 2.19 bits per heavy atom. The largest absolute Gasteiger partial charge is 0.508 e. The zero-order valence-electron chi connectivity index (χ0n) is 16.6. The summed E-state index contributed by atoms with van der Waals surface area (Å²) in [5, 5.41) is 52.1. The summed E-state index contributed by atoms with van der Waals surface area (Å²) in [4.78, 5) is 0. The normalized spacial score (nSPS) is 28.4. The Morgan fingerprint density at radius 1 is 0.889 bits per heavy atom. The zero-order chi connectivity index (χ0) is 20.1. The first kappa shape index (κ1) is 22.0. The number of rotatable bonds is 8. The molecule has 1 aliphatic heterocycles. The van der Waals surface area contributed by atoms with Gasteiger partial charge in [0.1, 0.15) is 35.9 Å². The van der Waals surface area contributed by atoms with E-state index in [1.54, 1.807) is 13.0 Å². The summed E-state index contributed by atoms with van der Waals surface area (Å²) in [6, 6.07) is 1.65. The second-order valence-electron chi connectivity index (χ2n) is 7.59. The van der Waals surface area contributed by atoms with Crippen LogP contribution in [0.1, 0.15) is 75.7 Å². The predicted octanol–water partition coefficient (Wildman–Crippen LogP) is 2.72. The molecule has 0 amide bonds. The van der Waals surface area contributed by atoms with Gasteiger partial charge in [-0.25, -0.2) is 0 Å². The van der Waals surface area contributed by atoms with E-state index in [-0.39, 0.29) is 11.5 Å². The number of ether oxygens (including phenoxy) is 1. The minimum absolute atomic E-state index is 0.0510. The molecule has 0 bridgehead atoms. The molecule has 5 atom stereocenters. The first-order chi connectivity index (χ1) is 12.8. The maximum atomic E-state index is 10.9. The van der Waals surface area contributed by atoms with Gasteiger partial charge in [-0.05, 0) is 44.2 Å². The summed E-state index contributed by atoms with van der Waals surface area (Å²) < 4.78 is 5.79. The second kappa shape index (κ2) is 9.73. The highest BCUT2D eigenvalue weighted by molar-refractivity contribution is 5.54. The van der Waals surface area contributed by atoms with Gasteiger partial charge < -0.3 is 30.3 Å². The number of unbranched alkanes of at least 4 members (excludes halogenated alkanes) is 3. The van der Waals surface area contributed by atoms with Crippen LogP contribution in [0.5, 0.6) is 11.5 Å². The van der Waals surface area contributed by atoms with Crippen LogP contribution in [0.4, 0.5) is 0 Å². The molecule has 0 aromatic heterocycles. The Balaban J connectivity index is 2.49. The van der Waals surface area contributed by atoms with Crippen molar-refractivity contribution in [3.8, 4) is 11.5 Å². The molecule has 6 heteroatoms. The summed E-state index contributed by atoms with van der Waals surface area (Å²) in [5.74, 6) is -0.0232. The molecule has 0 saturated carbocycles. The van der Waals surface area contributed by atoms with Crippen LogP contribution in [0, 0.1) is 0 Å². The molecule has 6 nitrogen and oxygen atoms in total. The Morgan fingerprint density at radius 2 is 1.56 bits per heavy atom. The van der Waals surface area contributed by atoms with E-state index in [0.29, 0.717) is 29.5 Å². The summed E-state index contributed by atoms with van der Waals surface area (Å²) in [7, 11) is 0. The lowest BCUT2D eigenvalue weighted by Crippen LogP contribution is -2.53. The highest BCUT2D eigenvalue weighted by Gasteiger charge is 2.44. The van der Waals surface area contributed by atoms with E-state index >= 15 is 0 Å². The molecule has 154 valence electrons. The van der Waals surface area contributed by atoms with Crippen molar-refractivity contribution >= 4 is 0 Å². The Hall–Kier alpha value is -1.34. The van der Waals surface area contributed by atoms with Crippen molar-refractivity contribution in [2.45, 2.75) is 96.2 Å². The van der Waals surface area contributed by atoms with Crippen LogP contribution in [0.15, 0.2) is 6.07 Å². The van der Waals surface area contributed by atoms with Gasteiger partial charge in [0.25, 0.3) is 0 Å². The molecule has 0 aliphatic carbocycles. The zero-order valence-corrected chi connectivity index (χ0v) is 16.6. The summed E-state index contributed by atoms with van der Waals surface area (Å²) >= 11 is 0. The van der Waals surface area contributed by atoms with E-state index in [0.717, 1.165) is 32.1 Å². The number of aromatic hydroxyl groups is 2. The lowest BCUT2D eigenvalue weighted by atomic mass is 9.85. The van der Waals surface area contributed by atoms with E-state index in [4.69, 9.17) is 4.74 Å². The van der Waals surface area contributed by atoms with Crippen LogP contribution >= 0.6 is 0 Å². The van der Waals surface area contributed by atoms with E-state index in [1.807, 2.05) is 6.92 Å². The van der Waals surface area contributed by atoms with Gasteiger partial charge >= 0.3 is 0 Å². The fourth-order valence-corrected chi connectivity index (χ4v) is 3.75. The van der Waals surface area contributed by atoms with E-state index in [9.17, 15) is 25.5 Å². The average Bonchev–Trinajstić information content (AvgIpc) is 2.63. The molecular weight excluding hydrogens is 348 g/mol. The fourth-order valence-electron chi connectivity index (χ4n) is 3.75. The number of hydrogen-bond acceptors (Lipinski definition) is 6. The van der Waals surface area contributed by atoms with E-state index < -0.39 is 30.5 Å². The SMILES string of the molecule is CCCCCc1cc(O)c(CCCC)c(O)c1C1OC(C)C(O)C(O)C1O. The summed E-state index contributed by atoms with van der Waals surface area (Å²) in [6.07, 6.45) is 0.192. The lowest BCUT2D eigenvalue weighted by molar-refractivity contribution is -0.220. The Kier molecular flexibility index (Phi) is 7.91. The van der Waals surface area contributed by atoms with E-state index in [1.165, 1.54) is 0 Å². The van der Waals surface area contributed by atoms with Crippen molar-refractivity contribution in [3.63, 3.8) is 0 Å². The third-order valence-corrected chi connectivity index (χ3v) is 5.47. The highest BCUT2D eigenvalue weighted by atomic mass is 16.5.